The van der Waals surface area contributed by atoms with E-state index in [-0.39, 0.29) is 16.5 Å². The molecule has 0 atom stereocenters. The van der Waals surface area contributed by atoms with E-state index in [0.29, 0.717) is 0 Å². The first-order valence-electron chi connectivity index (χ1n) is 6.76. The fourth-order valence-electron chi connectivity index (χ4n) is 2.01. The van der Waals surface area contributed by atoms with Crippen molar-refractivity contribution in [2.75, 3.05) is 0 Å². The van der Waals surface area contributed by atoms with Crippen molar-refractivity contribution in [1.29, 1.82) is 0 Å². The summed E-state index contributed by atoms with van der Waals surface area (Å²) in [7, 11) is -3.50. The van der Waals surface area contributed by atoms with Gasteiger partial charge in [-0.05, 0) is 49.2 Å². The van der Waals surface area contributed by atoms with Gasteiger partial charge < -0.3 is 5.11 Å². The Labute approximate surface area is 129 Å². The number of carboxylic acid groups (broad SMARTS) is 1. The summed E-state index contributed by atoms with van der Waals surface area (Å²) in [5.41, 5.74) is 1.86. The lowest BCUT2D eigenvalue weighted by atomic mass is 10.0. The van der Waals surface area contributed by atoms with Gasteiger partial charge in [0, 0.05) is 6.04 Å². The van der Waals surface area contributed by atoms with E-state index < -0.39 is 16.0 Å². The molecule has 0 unspecified atom stereocenters. The van der Waals surface area contributed by atoms with E-state index >= 15 is 0 Å². The zero-order chi connectivity index (χ0) is 16.3. The molecule has 0 aliphatic rings. The Morgan fingerprint density at radius 2 is 1.41 bits per heavy atom. The van der Waals surface area contributed by atoms with Crippen LogP contribution < -0.4 is 4.72 Å². The zero-order valence-electron chi connectivity index (χ0n) is 12.3. The third-order valence-electron chi connectivity index (χ3n) is 3.02. The lowest BCUT2D eigenvalue weighted by molar-refractivity contribution is 0.0697. The van der Waals surface area contributed by atoms with Crippen molar-refractivity contribution in [3.05, 3.63) is 54.1 Å². The standard InChI is InChI=1S/C16H17NO4S/c1-11(2)17-22(20,21)15-9-7-13(8-10-15)12-3-5-14(6-4-12)16(18)19/h3-11,17H,1-2H3,(H,18,19). The van der Waals surface area contributed by atoms with Crippen LogP contribution in [-0.2, 0) is 10.0 Å². The Balaban J connectivity index is 2.27. The average molecular weight is 319 g/mol. The van der Waals surface area contributed by atoms with Crippen LogP contribution in [0.15, 0.2) is 53.4 Å². The van der Waals surface area contributed by atoms with Crippen LogP contribution in [0.3, 0.4) is 0 Å². The molecule has 0 amide bonds. The Bertz CT molecular complexity index is 763. The van der Waals surface area contributed by atoms with Crippen LogP contribution in [0, 0.1) is 0 Å². The van der Waals surface area contributed by atoms with E-state index in [1.165, 1.54) is 24.3 Å². The molecule has 2 aromatic carbocycles. The van der Waals surface area contributed by atoms with Crippen molar-refractivity contribution in [3.8, 4) is 11.1 Å². The molecule has 2 N–H and O–H groups in total. The number of aromatic carboxylic acids is 1. The molecule has 0 aliphatic heterocycles. The Kier molecular flexibility index (Phi) is 4.63. The monoisotopic (exact) mass is 319 g/mol. The van der Waals surface area contributed by atoms with Crippen LogP contribution in [0.1, 0.15) is 24.2 Å². The maximum atomic E-state index is 12.0. The quantitative estimate of drug-likeness (QED) is 0.887. The molecule has 0 bridgehead atoms. The molecule has 0 fully saturated rings. The fraction of sp³-hybridized carbons (Fsp3) is 0.188. The molecule has 0 saturated carbocycles. The minimum absolute atomic E-state index is 0.173. The first-order valence-corrected chi connectivity index (χ1v) is 8.24. The summed E-state index contributed by atoms with van der Waals surface area (Å²) in [6, 6.07) is 12.7. The van der Waals surface area contributed by atoms with Gasteiger partial charge in [-0.3, -0.25) is 0 Å². The van der Waals surface area contributed by atoms with Crippen LogP contribution in [0.2, 0.25) is 0 Å². The first-order chi connectivity index (χ1) is 10.3. The number of hydrogen-bond acceptors (Lipinski definition) is 3. The summed E-state index contributed by atoms with van der Waals surface area (Å²) in [5.74, 6) is -0.979. The second-order valence-corrected chi connectivity index (χ2v) is 6.90. The van der Waals surface area contributed by atoms with Gasteiger partial charge in [0.1, 0.15) is 0 Å². The summed E-state index contributed by atoms with van der Waals surface area (Å²) in [4.78, 5) is 11.0. The topological polar surface area (TPSA) is 83.5 Å². The van der Waals surface area contributed by atoms with Crippen LogP contribution in [0.5, 0.6) is 0 Å². The number of sulfonamides is 1. The largest absolute Gasteiger partial charge is 0.478 e. The molecular weight excluding hydrogens is 302 g/mol. The maximum Gasteiger partial charge on any atom is 0.335 e. The molecule has 2 rings (SSSR count). The summed E-state index contributed by atoms with van der Waals surface area (Å²) < 4.78 is 26.6. The highest BCUT2D eigenvalue weighted by Gasteiger charge is 2.15. The number of carbonyl (C=O) groups is 1. The second kappa shape index (κ2) is 6.29. The number of rotatable bonds is 5. The van der Waals surface area contributed by atoms with Gasteiger partial charge in [-0.25, -0.2) is 17.9 Å². The SMILES string of the molecule is CC(C)NS(=O)(=O)c1ccc(-c2ccc(C(=O)O)cc2)cc1. The average Bonchev–Trinajstić information content (AvgIpc) is 2.46. The number of benzene rings is 2. The molecule has 0 aliphatic carbocycles. The van der Waals surface area contributed by atoms with Crippen molar-refractivity contribution >= 4 is 16.0 Å². The van der Waals surface area contributed by atoms with Crippen LogP contribution in [0.25, 0.3) is 11.1 Å². The molecule has 22 heavy (non-hydrogen) atoms. The van der Waals surface area contributed by atoms with E-state index in [2.05, 4.69) is 4.72 Å². The van der Waals surface area contributed by atoms with E-state index in [0.717, 1.165) is 11.1 Å². The van der Waals surface area contributed by atoms with Crippen molar-refractivity contribution in [2.24, 2.45) is 0 Å². The van der Waals surface area contributed by atoms with Crippen molar-refractivity contribution in [2.45, 2.75) is 24.8 Å². The van der Waals surface area contributed by atoms with Crippen molar-refractivity contribution in [1.82, 2.24) is 4.72 Å². The molecule has 116 valence electrons. The predicted octanol–water partition coefficient (Wildman–Crippen LogP) is 2.74. The Morgan fingerprint density at radius 3 is 1.82 bits per heavy atom. The van der Waals surface area contributed by atoms with Gasteiger partial charge >= 0.3 is 5.97 Å². The summed E-state index contributed by atoms with van der Waals surface area (Å²) in [5, 5.41) is 8.87. The molecule has 0 heterocycles. The highest BCUT2D eigenvalue weighted by Crippen LogP contribution is 2.22. The summed E-state index contributed by atoms with van der Waals surface area (Å²) in [6.45, 7) is 3.52. The maximum absolute atomic E-state index is 12.0. The molecular formula is C16H17NO4S. The third kappa shape index (κ3) is 3.72. The van der Waals surface area contributed by atoms with Crippen molar-refractivity contribution < 1.29 is 18.3 Å². The Morgan fingerprint density at radius 1 is 0.955 bits per heavy atom. The number of hydrogen-bond donors (Lipinski definition) is 2. The third-order valence-corrected chi connectivity index (χ3v) is 4.70. The van der Waals surface area contributed by atoms with Gasteiger partial charge in [0.25, 0.3) is 0 Å². The van der Waals surface area contributed by atoms with E-state index in [9.17, 15) is 13.2 Å². The zero-order valence-corrected chi connectivity index (χ0v) is 13.1. The predicted molar refractivity (Wildman–Crippen MR) is 84.3 cm³/mol. The van der Waals surface area contributed by atoms with Gasteiger partial charge in [0.15, 0.2) is 0 Å². The van der Waals surface area contributed by atoms with Gasteiger partial charge in [-0.15, -0.1) is 0 Å². The Hall–Kier alpha value is -2.18. The molecule has 2 aromatic rings. The van der Waals surface area contributed by atoms with E-state index in [4.69, 9.17) is 5.11 Å². The summed E-state index contributed by atoms with van der Waals surface area (Å²) in [6.07, 6.45) is 0. The molecule has 0 aromatic heterocycles. The lowest BCUT2D eigenvalue weighted by Gasteiger charge is -2.10. The first kappa shape index (κ1) is 16.2. The van der Waals surface area contributed by atoms with Crippen LogP contribution >= 0.6 is 0 Å². The molecule has 6 heteroatoms. The molecule has 0 saturated heterocycles. The van der Waals surface area contributed by atoms with Crippen molar-refractivity contribution in [3.63, 3.8) is 0 Å². The molecule has 0 spiro atoms. The van der Waals surface area contributed by atoms with E-state index in [1.807, 2.05) is 0 Å². The lowest BCUT2D eigenvalue weighted by Crippen LogP contribution is -2.30. The van der Waals surface area contributed by atoms with Gasteiger partial charge in [-0.2, -0.15) is 0 Å². The van der Waals surface area contributed by atoms with Crippen LogP contribution in [0.4, 0.5) is 0 Å². The highest BCUT2D eigenvalue weighted by atomic mass is 32.2. The molecule has 5 nitrogen and oxygen atoms in total. The number of nitrogens with one attached hydrogen (secondary N) is 1. The highest BCUT2D eigenvalue weighted by molar-refractivity contribution is 7.89. The molecule has 0 radical (unpaired) electrons. The van der Waals surface area contributed by atoms with E-state index in [1.54, 1.807) is 38.1 Å². The fourth-order valence-corrected chi connectivity index (χ4v) is 3.26. The van der Waals surface area contributed by atoms with Crippen LogP contribution in [-0.4, -0.2) is 25.5 Å². The number of carboxylic acids is 1. The minimum Gasteiger partial charge on any atom is -0.478 e. The summed E-state index contributed by atoms with van der Waals surface area (Å²) >= 11 is 0. The second-order valence-electron chi connectivity index (χ2n) is 5.18. The minimum atomic E-state index is -3.50. The normalized spacial score (nSPS) is 11.6. The van der Waals surface area contributed by atoms with Gasteiger partial charge in [0.05, 0.1) is 10.5 Å². The smallest absolute Gasteiger partial charge is 0.335 e. The van der Waals surface area contributed by atoms with Gasteiger partial charge in [-0.1, -0.05) is 24.3 Å². The van der Waals surface area contributed by atoms with Gasteiger partial charge in [0.2, 0.25) is 10.0 Å².